The van der Waals surface area contributed by atoms with Crippen LogP contribution in [0.1, 0.15) is 32.3 Å². The molecule has 4 heteroatoms. The van der Waals surface area contributed by atoms with Gasteiger partial charge in [-0.15, -0.1) is 0 Å². The average Bonchev–Trinajstić information content (AvgIpc) is 2.17. The molecular formula is C12H19NO2S. The molecule has 0 aliphatic rings. The van der Waals surface area contributed by atoms with Crippen molar-refractivity contribution in [2.24, 2.45) is 0 Å². The summed E-state index contributed by atoms with van der Waals surface area (Å²) in [4.78, 5) is 0. The SMILES string of the molecule is CCC[C@@H](C)NS(=O)(=O)Cc1ccccc1. The summed E-state index contributed by atoms with van der Waals surface area (Å²) in [5, 5.41) is 0. The van der Waals surface area contributed by atoms with Crippen LogP contribution in [0, 0.1) is 0 Å². The second kappa shape index (κ2) is 6.01. The third-order valence-electron chi connectivity index (χ3n) is 2.30. The lowest BCUT2D eigenvalue weighted by atomic mass is 10.2. The molecule has 0 aliphatic carbocycles. The minimum Gasteiger partial charge on any atom is -0.212 e. The fraction of sp³-hybridized carbons (Fsp3) is 0.500. The number of hydrogen-bond donors (Lipinski definition) is 1. The molecule has 1 N–H and O–H groups in total. The Hall–Kier alpha value is -0.870. The van der Waals surface area contributed by atoms with Gasteiger partial charge < -0.3 is 0 Å². The van der Waals surface area contributed by atoms with Gasteiger partial charge in [-0.3, -0.25) is 0 Å². The Balaban J connectivity index is 2.59. The van der Waals surface area contributed by atoms with Crippen LogP contribution in [0.25, 0.3) is 0 Å². The van der Waals surface area contributed by atoms with Crippen LogP contribution < -0.4 is 4.72 Å². The van der Waals surface area contributed by atoms with Gasteiger partial charge in [0.1, 0.15) is 0 Å². The zero-order valence-corrected chi connectivity index (χ0v) is 10.6. The van der Waals surface area contributed by atoms with E-state index in [0.29, 0.717) is 0 Å². The standard InChI is InChI=1S/C12H19NO2S/c1-3-7-11(2)13-16(14,15)10-12-8-5-4-6-9-12/h4-6,8-9,11,13H,3,7,10H2,1-2H3/t11-/m1/s1. The van der Waals surface area contributed by atoms with Crippen molar-refractivity contribution in [3.63, 3.8) is 0 Å². The van der Waals surface area contributed by atoms with E-state index in [9.17, 15) is 8.42 Å². The Labute approximate surface area is 97.9 Å². The minimum absolute atomic E-state index is 0.0127. The summed E-state index contributed by atoms with van der Waals surface area (Å²) < 4.78 is 26.2. The predicted molar refractivity (Wildman–Crippen MR) is 66.6 cm³/mol. The third kappa shape index (κ3) is 4.77. The molecule has 0 spiro atoms. The number of sulfonamides is 1. The summed E-state index contributed by atoms with van der Waals surface area (Å²) in [5.74, 6) is 0.0574. The summed E-state index contributed by atoms with van der Waals surface area (Å²) in [6.45, 7) is 3.94. The Bertz CT molecular complexity index is 400. The Kier molecular flexibility index (Phi) is 4.96. The van der Waals surface area contributed by atoms with E-state index in [-0.39, 0.29) is 11.8 Å². The predicted octanol–water partition coefficient (Wildman–Crippen LogP) is 2.29. The highest BCUT2D eigenvalue weighted by Crippen LogP contribution is 2.06. The molecule has 1 aromatic rings. The molecule has 3 nitrogen and oxygen atoms in total. The van der Waals surface area contributed by atoms with Crippen molar-refractivity contribution >= 4 is 10.0 Å². The van der Waals surface area contributed by atoms with Crippen LogP contribution in [0.5, 0.6) is 0 Å². The number of hydrogen-bond acceptors (Lipinski definition) is 2. The summed E-state index contributed by atoms with van der Waals surface area (Å²) in [5.41, 5.74) is 0.818. The Morgan fingerprint density at radius 2 is 1.88 bits per heavy atom. The van der Waals surface area contributed by atoms with Gasteiger partial charge in [-0.05, 0) is 18.9 Å². The van der Waals surface area contributed by atoms with E-state index in [4.69, 9.17) is 0 Å². The van der Waals surface area contributed by atoms with Crippen molar-refractivity contribution in [1.82, 2.24) is 4.72 Å². The summed E-state index contributed by atoms with van der Waals surface area (Å²) >= 11 is 0. The van der Waals surface area contributed by atoms with E-state index in [1.54, 1.807) is 0 Å². The van der Waals surface area contributed by atoms with E-state index in [1.165, 1.54) is 0 Å². The first-order valence-electron chi connectivity index (χ1n) is 5.57. The van der Waals surface area contributed by atoms with Crippen LogP contribution in [0.4, 0.5) is 0 Å². The smallest absolute Gasteiger partial charge is 0.212 e. The van der Waals surface area contributed by atoms with E-state index in [0.717, 1.165) is 18.4 Å². The average molecular weight is 241 g/mol. The van der Waals surface area contributed by atoms with Gasteiger partial charge in [0.15, 0.2) is 0 Å². The molecule has 90 valence electrons. The molecule has 0 saturated heterocycles. The molecular weight excluding hydrogens is 222 g/mol. The Morgan fingerprint density at radius 3 is 2.44 bits per heavy atom. The largest absolute Gasteiger partial charge is 0.216 e. The molecule has 0 heterocycles. The zero-order valence-electron chi connectivity index (χ0n) is 9.81. The molecule has 1 aromatic carbocycles. The lowest BCUT2D eigenvalue weighted by Crippen LogP contribution is -2.33. The molecule has 0 saturated carbocycles. The lowest BCUT2D eigenvalue weighted by Gasteiger charge is -2.13. The monoisotopic (exact) mass is 241 g/mol. The third-order valence-corrected chi connectivity index (χ3v) is 3.78. The summed E-state index contributed by atoms with van der Waals surface area (Å²) in [7, 11) is -3.21. The van der Waals surface area contributed by atoms with E-state index >= 15 is 0 Å². The highest BCUT2D eigenvalue weighted by molar-refractivity contribution is 7.88. The van der Waals surface area contributed by atoms with Crippen LogP contribution in [0.2, 0.25) is 0 Å². The van der Waals surface area contributed by atoms with Gasteiger partial charge in [0.05, 0.1) is 5.75 Å². The van der Waals surface area contributed by atoms with Gasteiger partial charge in [0.2, 0.25) is 10.0 Å². The normalized spacial score (nSPS) is 13.6. The lowest BCUT2D eigenvalue weighted by molar-refractivity contribution is 0.543. The second-order valence-corrected chi connectivity index (χ2v) is 5.81. The first-order chi connectivity index (χ1) is 7.53. The zero-order chi connectivity index (χ0) is 12.0. The maximum absolute atomic E-state index is 11.8. The number of rotatable bonds is 6. The molecule has 16 heavy (non-hydrogen) atoms. The molecule has 1 atom stereocenters. The maximum atomic E-state index is 11.8. The topological polar surface area (TPSA) is 46.2 Å². The second-order valence-electron chi connectivity index (χ2n) is 4.05. The van der Waals surface area contributed by atoms with Crippen molar-refractivity contribution in [3.8, 4) is 0 Å². The van der Waals surface area contributed by atoms with Crippen molar-refractivity contribution < 1.29 is 8.42 Å². The molecule has 0 unspecified atom stereocenters. The van der Waals surface area contributed by atoms with Crippen LogP contribution >= 0.6 is 0 Å². The van der Waals surface area contributed by atoms with E-state index in [2.05, 4.69) is 4.72 Å². The molecule has 0 amide bonds. The maximum Gasteiger partial charge on any atom is 0.216 e. The van der Waals surface area contributed by atoms with Gasteiger partial charge in [-0.1, -0.05) is 43.7 Å². The Morgan fingerprint density at radius 1 is 1.25 bits per heavy atom. The summed E-state index contributed by atoms with van der Waals surface area (Å²) in [6.07, 6.45) is 1.85. The molecule has 0 fully saturated rings. The van der Waals surface area contributed by atoms with Crippen LogP contribution in [0.3, 0.4) is 0 Å². The van der Waals surface area contributed by atoms with Gasteiger partial charge in [-0.25, -0.2) is 13.1 Å². The van der Waals surface area contributed by atoms with Gasteiger partial charge in [-0.2, -0.15) is 0 Å². The van der Waals surface area contributed by atoms with Gasteiger partial charge in [0.25, 0.3) is 0 Å². The molecule has 0 radical (unpaired) electrons. The molecule has 0 aromatic heterocycles. The van der Waals surface area contributed by atoms with Crippen molar-refractivity contribution in [1.29, 1.82) is 0 Å². The summed E-state index contributed by atoms with van der Waals surface area (Å²) in [6, 6.07) is 9.23. The molecule has 1 rings (SSSR count). The fourth-order valence-corrected chi connectivity index (χ4v) is 3.08. The van der Waals surface area contributed by atoms with Crippen molar-refractivity contribution in [3.05, 3.63) is 35.9 Å². The van der Waals surface area contributed by atoms with Crippen molar-refractivity contribution in [2.45, 2.75) is 38.5 Å². The quantitative estimate of drug-likeness (QED) is 0.830. The number of benzene rings is 1. The van der Waals surface area contributed by atoms with Crippen LogP contribution in [-0.2, 0) is 15.8 Å². The highest BCUT2D eigenvalue weighted by Gasteiger charge is 2.14. The fourth-order valence-electron chi connectivity index (χ4n) is 1.63. The number of nitrogens with one attached hydrogen (secondary N) is 1. The van der Waals surface area contributed by atoms with Gasteiger partial charge >= 0.3 is 0 Å². The molecule has 0 aliphatic heterocycles. The highest BCUT2D eigenvalue weighted by atomic mass is 32.2. The minimum atomic E-state index is -3.21. The van der Waals surface area contributed by atoms with Crippen LogP contribution in [0.15, 0.2) is 30.3 Å². The van der Waals surface area contributed by atoms with E-state index < -0.39 is 10.0 Å². The van der Waals surface area contributed by atoms with Crippen molar-refractivity contribution in [2.75, 3.05) is 0 Å². The molecule has 0 bridgehead atoms. The first-order valence-corrected chi connectivity index (χ1v) is 7.22. The van der Waals surface area contributed by atoms with Gasteiger partial charge in [0, 0.05) is 6.04 Å². The van der Waals surface area contributed by atoms with E-state index in [1.807, 2.05) is 44.2 Å². The van der Waals surface area contributed by atoms with Crippen LogP contribution in [-0.4, -0.2) is 14.5 Å². The first kappa shape index (κ1) is 13.2.